The number of piperidine rings is 1. The molecule has 0 aromatic carbocycles. The van der Waals surface area contributed by atoms with E-state index in [9.17, 15) is 9.59 Å². The van der Waals surface area contributed by atoms with Gasteiger partial charge < -0.3 is 21.7 Å². The molecule has 1 saturated heterocycles. The van der Waals surface area contributed by atoms with E-state index in [2.05, 4.69) is 5.32 Å². The lowest BCUT2D eigenvalue weighted by molar-refractivity contribution is -0.135. The molecule has 0 atom stereocenters. The molecule has 1 heterocycles. The van der Waals surface area contributed by atoms with E-state index in [1.54, 1.807) is 0 Å². The number of hydrogen-bond acceptors (Lipinski definition) is 3. The van der Waals surface area contributed by atoms with Crippen LogP contribution in [0.25, 0.3) is 0 Å². The fraction of sp³-hybridized carbons (Fsp3) is 0.867. The zero-order valence-electron chi connectivity index (χ0n) is 13.2. The van der Waals surface area contributed by atoms with Crippen molar-refractivity contribution in [1.29, 1.82) is 0 Å². The number of urea groups is 1. The first kappa shape index (κ1) is 19.0. The number of halogens is 1. The zero-order chi connectivity index (χ0) is 15.3. The maximum Gasteiger partial charge on any atom is 0.312 e. The van der Waals surface area contributed by atoms with Crippen LogP contribution in [0, 0.1) is 5.41 Å². The highest BCUT2D eigenvalue weighted by molar-refractivity contribution is 5.85. The number of nitrogens with one attached hydrogen (secondary N) is 1. The minimum atomic E-state index is -0.482. The maximum absolute atomic E-state index is 12.5. The third-order valence-electron chi connectivity index (χ3n) is 5.07. The Morgan fingerprint density at radius 3 is 2.23 bits per heavy atom. The van der Waals surface area contributed by atoms with Gasteiger partial charge in [-0.2, -0.15) is 0 Å². The van der Waals surface area contributed by atoms with Gasteiger partial charge in [-0.25, -0.2) is 4.79 Å². The summed E-state index contributed by atoms with van der Waals surface area (Å²) < 4.78 is 0. The Kier molecular flexibility index (Phi) is 7.42. The lowest BCUT2D eigenvalue weighted by Gasteiger charge is -2.39. The van der Waals surface area contributed by atoms with E-state index < -0.39 is 6.03 Å². The second kappa shape index (κ2) is 8.58. The first-order valence-electron chi connectivity index (χ1n) is 8.08. The van der Waals surface area contributed by atoms with Gasteiger partial charge in [0, 0.05) is 25.6 Å². The van der Waals surface area contributed by atoms with E-state index in [1.807, 2.05) is 4.90 Å². The molecule has 1 saturated carbocycles. The molecule has 3 amide bonds. The Bertz CT molecular complexity index is 378. The molecular weight excluding hydrogens is 304 g/mol. The Balaban J connectivity index is 0.00000242. The fourth-order valence-electron chi connectivity index (χ4n) is 3.66. The second-order valence-electron chi connectivity index (χ2n) is 6.61. The quantitative estimate of drug-likeness (QED) is 0.724. The van der Waals surface area contributed by atoms with Crippen LogP contribution in [-0.2, 0) is 4.79 Å². The Hall–Kier alpha value is -1.01. The van der Waals surface area contributed by atoms with Gasteiger partial charge in [0.05, 0.1) is 0 Å². The van der Waals surface area contributed by atoms with Gasteiger partial charge in [0.2, 0.25) is 5.91 Å². The molecule has 128 valence electrons. The van der Waals surface area contributed by atoms with Crippen molar-refractivity contribution < 1.29 is 9.59 Å². The van der Waals surface area contributed by atoms with Gasteiger partial charge >= 0.3 is 6.03 Å². The molecule has 6 nitrogen and oxygen atoms in total. The molecule has 2 rings (SSSR count). The van der Waals surface area contributed by atoms with Crippen molar-refractivity contribution in [3.63, 3.8) is 0 Å². The van der Waals surface area contributed by atoms with Crippen LogP contribution < -0.4 is 16.8 Å². The number of primary amides is 1. The summed E-state index contributed by atoms with van der Waals surface area (Å²) in [6, 6.07) is -0.381. The minimum Gasteiger partial charge on any atom is -0.352 e. The van der Waals surface area contributed by atoms with Crippen molar-refractivity contribution in [3.8, 4) is 0 Å². The molecule has 0 unspecified atom stereocenters. The molecule has 0 aromatic rings. The summed E-state index contributed by atoms with van der Waals surface area (Å²) in [7, 11) is 0. The molecule has 2 fully saturated rings. The van der Waals surface area contributed by atoms with Crippen molar-refractivity contribution in [2.45, 2.75) is 57.4 Å². The van der Waals surface area contributed by atoms with Crippen molar-refractivity contribution >= 4 is 24.3 Å². The molecular formula is C15H29ClN4O2. The van der Waals surface area contributed by atoms with Crippen molar-refractivity contribution in [1.82, 2.24) is 10.2 Å². The number of nitrogens with zero attached hydrogens (tertiary/aromatic N) is 1. The van der Waals surface area contributed by atoms with Gasteiger partial charge in [0.25, 0.3) is 0 Å². The SMILES string of the molecule is Cl.NCC1(CC(=O)N2CCC(NC(N)=O)CC2)CCCCC1. The zero-order valence-corrected chi connectivity index (χ0v) is 14.0. The molecule has 22 heavy (non-hydrogen) atoms. The minimum absolute atomic E-state index is 0. The summed E-state index contributed by atoms with van der Waals surface area (Å²) in [6.45, 7) is 2.01. The van der Waals surface area contributed by atoms with Crippen LogP contribution in [0.15, 0.2) is 0 Å². The van der Waals surface area contributed by atoms with E-state index in [4.69, 9.17) is 11.5 Å². The van der Waals surface area contributed by atoms with E-state index >= 15 is 0 Å². The normalized spacial score (nSPS) is 21.8. The van der Waals surface area contributed by atoms with Crippen molar-refractivity contribution in [2.75, 3.05) is 19.6 Å². The third-order valence-corrected chi connectivity index (χ3v) is 5.07. The Labute approximate surface area is 138 Å². The highest BCUT2D eigenvalue weighted by atomic mass is 35.5. The van der Waals surface area contributed by atoms with Gasteiger partial charge in [0.1, 0.15) is 0 Å². The standard InChI is InChI=1S/C15H28N4O2.ClH/c16-11-15(6-2-1-3-7-15)10-13(20)19-8-4-12(5-9-19)18-14(17)21;/h12H,1-11,16H2,(H3,17,18,21);1H. The van der Waals surface area contributed by atoms with Crippen LogP contribution in [0.3, 0.4) is 0 Å². The summed E-state index contributed by atoms with van der Waals surface area (Å²) >= 11 is 0. The molecule has 7 heteroatoms. The summed E-state index contributed by atoms with van der Waals surface area (Å²) in [6.07, 6.45) is 7.94. The largest absolute Gasteiger partial charge is 0.352 e. The molecule has 5 N–H and O–H groups in total. The van der Waals surface area contributed by atoms with Gasteiger partial charge in [0.15, 0.2) is 0 Å². The summed E-state index contributed by atoms with van der Waals surface area (Å²) in [5, 5.41) is 2.72. The lowest BCUT2D eigenvalue weighted by atomic mass is 9.71. The Morgan fingerprint density at radius 1 is 1.14 bits per heavy atom. The van der Waals surface area contributed by atoms with E-state index in [1.165, 1.54) is 19.3 Å². The summed E-state index contributed by atoms with van der Waals surface area (Å²) in [4.78, 5) is 25.3. The van der Waals surface area contributed by atoms with E-state index in [-0.39, 0.29) is 29.8 Å². The Morgan fingerprint density at radius 2 is 1.73 bits per heavy atom. The van der Waals surface area contributed by atoms with Gasteiger partial charge in [-0.05, 0) is 37.6 Å². The number of carbonyl (C=O) groups excluding carboxylic acids is 2. The number of carbonyl (C=O) groups is 2. The number of hydrogen-bond donors (Lipinski definition) is 3. The third kappa shape index (κ3) is 5.02. The van der Waals surface area contributed by atoms with E-state index in [0.717, 1.165) is 25.7 Å². The highest BCUT2D eigenvalue weighted by Gasteiger charge is 2.35. The number of rotatable bonds is 4. The van der Waals surface area contributed by atoms with Crippen LogP contribution in [0.4, 0.5) is 4.79 Å². The molecule has 0 aromatic heterocycles. The molecule has 0 radical (unpaired) electrons. The van der Waals surface area contributed by atoms with Crippen LogP contribution in [0.2, 0.25) is 0 Å². The van der Waals surface area contributed by atoms with Crippen molar-refractivity contribution in [2.24, 2.45) is 16.9 Å². The number of amides is 3. The maximum atomic E-state index is 12.5. The predicted octanol–water partition coefficient (Wildman–Crippen LogP) is 1.37. The van der Waals surface area contributed by atoms with Crippen LogP contribution in [0.1, 0.15) is 51.4 Å². The van der Waals surface area contributed by atoms with Crippen LogP contribution >= 0.6 is 12.4 Å². The second-order valence-corrected chi connectivity index (χ2v) is 6.61. The van der Waals surface area contributed by atoms with Crippen LogP contribution in [0.5, 0.6) is 0 Å². The molecule has 0 spiro atoms. The first-order chi connectivity index (χ1) is 10.0. The smallest absolute Gasteiger partial charge is 0.312 e. The average Bonchev–Trinajstić information content (AvgIpc) is 2.48. The highest BCUT2D eigenvalue weighted by Crippen LogP contribution is 2.38. The number of likely N-dealkylation sites (tertiary alicyclic amines) is 1. The molecule has 0 bridgehead atoms. The molecule has 1 aliphatic heterocycles. The van der Waals surface area contributed by atoms with Gasteiger partial charge in [-0.3, -0.25) is 4.79 Å². The monoisotopic (exact) mass is 332 g/mol. The van der Waals surface area contributed by atoms with Gasteiger partial charge in [-0.1, -0.05) is 19.3 Å². The topological polar surface area (TPSA) is 101 Å². The van der Waals surface area contributed by atoms with E-state index in [0.29, 0.717) is 26.1 Å². The van der Waals surface area contributed by atoms with Gasteiger partial charge in [-0.15, -0.1) is 12.4 Å². The summed E-state index contributed by atoms with van der Waals surface area (Å²) in [5.74, 6) is 0.222. The first-order valence-corrected chi connectivity index (χ1v) is 8.08. The summed E-state index contributed by atoms with van der Waals surface area (Å²) in [5.41, 5.74) is 11.1. The lowest BCUT2D eigenvalue weighted by Crippen LogP contribution is -2.49. The molecule has 2 aliphatic rings. The molecule has 1 aliphatic carbocycles. The van der Waals surface area contributed by atoms with Crippen LogP contribution in [-0.4, -0.2) is 42.5 Å². The fourth-order valence-corrected chi connectivity index (χ4v) is 3.66. The van der Waals surface area contributed by atoms with Crippen molar-refractivity contribution in [3.05, 3.63) is 0 Å². The predicted molar refractivity (Wildman–Crippen MR) is 88.8 cm³/mol. The number of nitrogens with two attached hydrogens (primary N) is 2. The average molecular weight is 333 g/mol.